The van der Waals surface area contributed by atoms with Crippen LogP contribution in [0.2, 0.25) is 0 Å². The Hall–Kier alpha value is -0.450. The van der Waals surface area contributed by atoms with Crippen molar-refractivity contribution in [3.8, 4) is 0 Å². The maximum atomic E-state index is 5.61. The molecule has 0 aromatic carbocycles. The second-order valence-electron chi connectivity index (χ2n) is 4.67. The Labute approximate surface area is 109 Å². The number of nitrogens with one attached hydrogen (secondary N) is 1. The minimum atomic E-state index is 0.372. The molecule has 1 rings (SSSR count). The standard InChI is InChI=1S/C13H25N3S/c1-4-5-6-7-8-12(16-14)9-13-15-10(2)11(3)17-13/h12,16H,4-9,14H2,1-3H3. The molecule has 3 N–H and O–H groups in total. The van der Waals surface area contributed by atoms with Gasteiger partial charge in [-0.2, -0.15) is 0 Å². The summed E-state index contributed by atoms with van der Waals surface area (Å²) in [5.41, 5.74) is 4.08. The molecular formula is C13H25N3S. The first-order valence-corrected chi connectivity index (χ1v) is 7.38. The second kappa shape index (κ2) is 7.80. The minimum Gasteiger partial charge on any atom is -0.271 e. The van der Waals surface area contributed by atoms with Gasteiger partial charge in [-0.3, -0.25) is 11.3 Å². The summed E-state index contributed by atoms with van der Waals surface area (Å²) in [6, 6.07) is 0.372. The van der Waals surface area contributed by atoms with Crippen LogP contribution >= 0.6 is 11.3 Å². The van der Waals surface area contributed by atoms with Crippen molar-refractivity contribution in [1.29, 1.82) is 0 Å². The topological polar surface area (TPSA) is 50.9 Å². The Bertz CT molecular complexity index is 303. The Kier molecular flexibility index (Phi) is 6.70. The van der Waals surface area contributed by atoms with Gasteiger partial charge < -0.3 is 0 Å². The molecule has 0 aliphatic heterocycles. The molecule has 98 valence electrons. The third-order valence-electron chi connectivity index (χ3n) is 3.14. The van der Waals surface area contributed by atoms with E-state index in [2.05, 4.69) is 31.2 Å². The molecule has 3 nitrogen and oxygen atoms in total. The summed E-state index contributed by atoms with van der Waals surface area (Å²) in [5, 5.41) is 1.21. The quantitative estimate of drug-likeness (QED) is 0.426. The molecule has 1 aromatic heterocycles. The highest BCUT2D eigenvalue weighted by molar-refractivity contribution is 7.11. The molecule has 1 unspecified atom stereocenters. The number of hydrogen-bond donors (Lipinski definition) is 2. The van der Waals surface area contributed by atoms with E-state index in [9.17, 15) is 0 Å². The van der Waals surface area contributed by atoms with Gasteiger partial charge in [0.2, 0.25) is 0 Å². The summed E-state index contributed by atoms with van der Waals surface area (Å²) < 4.78 is 0. The molecule has 0 bridgehead atoms. The molecular weight excluding hydrogens is 230 g/mol. The molecule has 0 aliphatic carbocycles. The van der Waals surface area contributed by atoms with Gasteiger partial charge >= 0.3 is 0 Å². The number of aryl methyl sites for hydroxylation is 2. The third-order valence-corrected chi connectivity index (χ3v) is 4.23. The number of nitrogens with two attached hydrogens (primary N) is 1. The van der Waals surface area contributed by atoms with Gasteiger partial charge in [-0.05, 0) is 20.3 Å². The SMILES string of the molecule is CCCCCCC(Cc1nc(C)c(C)s1)NN. The second-order valence-corrected chi connectivity index (χ2v) is 5.95. The maximum absolute atomic E-state index is 5.61. The van der Waals surface area contributed by atoms with Crippen LogP contribution in [-0.2, 0) is 6.42 Å². The lowest BCUT2D eigenvalue weighted by Gasteiger charge is -2.13. The maximum Gasteiger partial charge on any atom is 0.0946 e. The minimum absolute atomic E-state index is 0.372. The van der Waals surface area contributed by atoms with Gasteiger partial charge in [0.25, 0.3) is 0 Å². The van der Waals surface area contributed by atoms with Crippen LogP contribution < -0.4 is 11.3 Å². The van der Waals surface area contributed by atoms with Gasteiger partial charge in [0, 0.05) is 17.3 Å². The van der Waals surface area contributed by atoms with Crippen molar-refractivity contribution >= 4 is 11.3 Å². The van der Waals surface area contributed by atoms with Crippen molar-refractivity contribution in [2.75, 3.05) is 0 Å². The number of aromatic nitrogens is 1. The predicted molar refractivity (Wildman–Crippen MR) is 75.2 cm³/mol. The number of hydrazine groups is 1. The summed E-state index contributed by atoms with van der Waals surface area (Å²) in [5.74, 6) is 5.61. The van der Waals surface area contributed by atoms with Gasteiger partial charge in [0.15, 0.2) is 0 Å². The fourth-order valence-corrected chi connectivity index (χ4v) is 2.91. The summed E-state index contributed by atoms with van der Waals surface area (Å²) in [6.45, 7) is 6.43. The van der Waals surface area contributed by atoms with Gasteiger partial charge in [-0.25, -0.2) is 4.98 Å². The molecule has 0 saturated heterocycles. The van der Waals surface area contributed by atoms with E-state index in [4.69, 9.17) is 5.84 Å². The zero-order valence-corrected chi connectivity index (χ0v) is 12.1. The summed E-state index contributed by atoms with van der Waals surface area (Å²) in [7, 11) is 0. The number of hydrogen-bond acceptors (Lipinski definition) is 4. The lowest BCUT2D eigenvalue weighted by Crippen LogP contribution is -2.36. The number of unbranched alkanes of at least 4 members (excludes halogenated alkanes) is 3. The lowest BCUT2D eigenvalue weighted by atomic mass is 10.1. The molecule has 0 saturated carbocycles. The first-order valence-electron chi connectivity index (χ1n) is 6.56. The fraction of sp³-hybridized carbons (Fsp3) is 0.769. The molecule has 0 aliphatic rings. The first-order chi connectivity index (χ1) is 8.17. The molecule has 17 heavy (non-hydrogen) atoms. The number of rotatable bonds is 8. The van der Waals surface area contributed by atoms with Crippen molar-refractivity contribution in [2.45, 2.75) is 65.3 Å². The van der Waals surface area contributed by atoms with Gasteiger partial charge in [0.1, 0.15) is 0 Å². The van der Waals surface area contributed by atoms with Crippen LogP contribution in [-0.4, -0.2) is 11.0 Å². The normalized spacial score (nSPS) is 12.9. The summed E-state index contributed by atoms with van der Waals surface area (Å²) in [4.78, 5) is 5.89. The molecule has 1 atom stereocenters. The number of nitrogens with zero attached hydrogens (tertiary/aromatic N) is 1. The van der Waals surface area contributed by atoms with E-state index in [0.29, 0.717) is 6.04 Å². The third kappa shape index (κ3) is 5.15. The molecule has 1 aromatic rings. The molecule has 0 spiro atoms. The predicted octanol–water partition coefficient (Wildman–Crippen LogP) is 3.10. The fourth-order valence-electron chi connectivity index (χ4n) is 1.90. The van der Waals surface area contributed by atoms with E-state index >= 15 is 0 Å². The summed E-state index contributed by atoms with van der Waals surface area (Å²) >= 11 is 1.80. The number of thiazole rings is 1. The van der Waals surface area contributed by atoms with E-state index in [1.54, 1.807) is 11.3 Å². The largest absolute Gasteiger partial charge is 0.271 e. The van der Waals surface area contributed by atoms with Crippen LogP contribution in [0.4, 0.5) is 0 Å². The monoisotopic (exact) mass is 255 g/mol. The van der Waals surface area contributed by atoms with Crippen molar-refractivity contribution in [3.63, 3.8) is 0 Å². The average Bonchev–Trinajstić information content (AvgIpc) is 2.62. The van der Waals surface area contributed by atoms with Crippen LogP contribution in [0.3, 0.4) is 0 Å². The van der Waals surface area contributed by atoms with Crippen LogP contribution in [0.25, 0.3) is 0 Å². The van der Waals surface area contributed by atoms with Gasteiger partial charge in [0.05, 0.1) is 10.7 Å². The van der Waals surface area contributed by atoms with E-state index in [1.807, 2.05) is 0 Å². The highest BCUT2D eigenvalue weighted by atomic mass is 32.1. The molecule has 0 amide bonds. The Morgan fingerprint density at radius 2 is 2.06 bits per heavy atom. The van der Waals surface area contributed by atoms with Crippen LogP contribution in [0.1, 0.15) is 54.6 Å². The van der Waals surface area contributed by atoms with E-state index < -0.39 is 0 Å². The van der Waals surface area contributed by atoms with E-state index in [-0.39, 0.29) is 0 Å². The van der Waals surface area contributed by atoms with Crippen LogP contribution in [0.15, 0.2) is 0 Å². The van der Waals surface area contributed by atoms with E-state index in [1.165, 1.54) is 35.6 Å². The molecule has 1 heterocycles. The average molecular weight is 255 g/mol. The van der Waals surface area contributed by atoms with Crippen molar-refractivity contribution in [2.24, 2.45) is 5.84 Å². The smallest absolute Gasteiger partial charge is 0.0946 e. The molecule has 4 heteroatoms. The Morgan fingerprint density at radius 3 is 2.59 bits per heavy atom. The Balaban J connectivity index is 2.35. The van der Waals surface area contributed by atoms with Crippen LogP contribution in [0, 0.1) is 13.8 Å². The highest BCUT2D eigenvalue weighted by Crippen LogP contribution is 2.19. The molecule has 0 radical (unpaired) electrons. The van der Waals surface area contributed by atoms with Crippen LogP contribution in [0.5, 0.6) is 0 Å². The summed E-state index contributed by atoms with van der Waals surface area (Å²) in [6.07, 6.45) is 7.28. The van der Waals surface area contributed by atoms with Crippen molar-refractivity contribution in [1.82, 2.24) is 10.4 Å². The first kappa shape index (κ1) is 14.6. The lowest BCUT2D eigenvalue weighted by molar-refractivity contribution is 0.462. The van der Waals surface area contributed by atoms with Crippen molar-refractivity contribution < 1.29 is 0 Å². The van der Waals surface area contributed by atoms with E-state index in [0.717, 1.165) is 18.5 Å². The van der Waals surface area contributed by atoms with Gasteiger partial charge in [-0.15, -0.1) is 11.3 Å². The molecule has 0 fully saturated rings. The zero-order valence-electron chi connectivity index (χ0n) is 11.3. The Morgan fingerprint density at radius 1 is 1.29 bits per heavy atom. The van der Waals surface area contributed by atoms with Crippen molar-refractivity contribution in [3.05, 3.63) is 15.6 Å². The highest BCUT2D eigenvalue weighted by Gasteiger charge is 2.11. The van der Waals surface area contributed by atoms with Gasteiger partial charge in [-0.1, -0.05) is 32.6 Å². The zero-order chi connectivity index (χ0) is 12.7.